The van der Waals surface area contributed by atoms with Crippen molar-refractivity contribution in [3.63, 3.8) is 0 Å². The van der Waals surface area contributed by atoms with Crippen LogP contribution in [0.5, 0.6) is 0 Å². The van der Waals surface area contributed by atoms with Gasteiger partial charge in [-0.2, -0.15) is 0 Å². The number of carboxylic acid groups (broad SMARTS) is 1. The Morgan fingerprint density at radius 1 is 0.659 bits per heavy atom. The van der Waals surface area contributed by atoms with E-state index in [-0.39, 0.29) is 22.9 Å². The highest BCUT2D eigenvalue weighted by Crippen LogP contribution is 2.23. The number of nitrogens with one attached hydrogen (secondary N) is 3. The number of hydrogen-bond donors (Lipinski definition) is 4. The normalized spacial score (nSPS) is 11.0. The molecule has 5 aromatic rings. The number of rotatable bonds is 10. The van der Waals surface area contributed by atoms with Crippen molar-refractivity contribution in [1.29, 1.82) is 0 Å². The van der Waals surface area contributed by atoms with Gasteiger partial charge in [-0.15, -0.1) is 11.8 Å². The first-order valence-electron chi connectivity index (χ1n) is 13.6. The van der Waals surface area contributed by atoms with E-state index in [1.807, 2.05) is 48.5 Å². The zero-order chi connectivity index (χ0) is 30.9. The van der Waals surface area contributed by atoms with Crippen molar-refractivity contribution in [3.8, 4) is 0 Å². The lowest BCUT2D eigenvalue weighted by molar-refractivity contribution is -0.114. The SMILES string of the molecule is O=C(CSc1ccc(NC(=O)/C(=C/c2cccc3ccccc23)NC(=O)c2ccccc2)cc1)Nc1ccc(C(=O)O)cc1. The number of anilines is 2. The second kappa shape index (κ2) is 14.0. The summed E-state index contributed by atoms with van der Waals surface area (Å²) in [5, 5.41) is 19.3. The highest BCUT2D eigenvalue weighted by Gasteiger charge is 2.16. The van der Waals surface area contributed by atoms with E-state index in [1.54, 1.807) is 54.6 Å². The first kappa shape index (κ1) is 29.8. The first-order valence-corrected chi connectivity index (χ1v) is 14.6. The topological polar surface area (TPSA) is 125 Å². The van der Waals surface area contributed by atoms with Crippen molar-refractivity contribution < 1.29 is 24.3 Å². The Balaban J connectivity index is 1.26. The third kappa shape index (κ3) is 7.78. The van der Waals surface area contributed by atoms with Gasteiger partial charge < -0.3 is 21.1 Å². The smallest absolute Gasteiger partial charge is 0.335 e. The lowest BCUT2D eigenvalue weighted by Crippen LogP contribution is -2.30. The Labute approximate surface area is 257 Å². The van der Waals surface area contributed by atoms with Crippen LogP contribution in [-0.4, -0.2) is 34.6 Å². The van der Waals surface area contributed by atoms with Crippen LogP contribution in [0, 0.1) is 0 Å². The predicted molar refractivity (Wildman–Crippen MR) is 174 cm³/mol. The number of amides is 3. The summed E-state index contributed by atoms with van der Waals surface area (Å²) in [6.45, 7) is 0. The van der Waals surface area contributed by atoms with Crippen LogP contribution in [0.4, 0.5) is 11.4 Å². The zero-order valence-electron chi connectivity index (χ0n) is 23.3. The summed E-state index contributed by atoms with van der Waals surface area (Å²) in [6.07, 6.45) is 1.66. The fraction of sp³-hybridized carbons (Fsp3) is 0.0286. The van der Waals surface area contributed by atoms with Gasteiger partial charge in [0.1, 0.15) is 5.70 Å². The van der Waals surface area contributed by atoms with Gasteiger partial charge in [0, 0.05) is 21.8 Å². The molecule has 0 unspecified atom stereocenters. The minimum Gasteiger partial charge on any atom is -0.478 e. The van der Waals surface area contributed by atoms with Crippen LogP contribution in [0.2, 0.25) is 0 Å². The molecule has 3 amide bonds. The van der Waals surface area contributed by atoms with Crippen molar-refractivity contribution >= 4 is 63.7 Å². The molecule has 218 valence electrons. The number of aromatic carboxylic acids is 1. The maximum Gasteiger partial charge on any atom is 0.335 e. The molecule has 4 N–H and O–H groups in total. The van der Waals surface area contributed by atoms with Gasteiger partial charge in [0.2, 0.25) is 5.91 Å². The van der Waals surface area contributed by atoms with Gasteiger partial charge in [-0.25, -0.2) is 4.79 Å². The van der Waals surface area contributed by atoms with Gasteiger partial charge in [-0.05, 0) is 83.1 Å². The molecule has 0 saturated carbocycles. The van der Waals surface area contributed by atoms with Gasteiger partial charge >= 0.3 is 5.97 Å². The molecule has 0 aliphatic carbocycles. The second-order valence-electron chi connectivity index (χ2n) is 9.64. The minimum absolute atomic E-state index is 0.0849. The summed E-state index contributed by atoms with van der Waals surface area (Å²) in [4.78, 5) is 50.6. The predicted octanol–water partition coefficient (Wildman–Crippen LogP) is 6.68. The summed E-state index contributed by atoms with van der Waals surface area (Å²) in [5.41, 5.74) is 2.45. The monoisotopic (exact) mass is 601 g/mol. The number of carbonyl (C=O) groups is 4. The van der Waals surface area contributed by atoms with E-state index in [4.69, 9.17) is 5.11 Å². The Morgan fingerprint density at radius 2 is 1.30 bits per heavy atom. The van der Waals surface area contributed by atoms with Gasteiger partial charge in [0.15, 0.2) is 0 Å². The number of fused-ring (bicyclic) bond motifs is 1. The van der Waals surface area contributed by atoms with Gasteiger partial charge in [-0.1, -0.05) is 60.7 Å². The molecular formula is C35H27N3O5S. The van der Waals surface area contributed by atoms with E-state index in [9.17, 15) is 19.2 Å². The maximum absolute atomic E-state index is 13.5. The van der Waals surface area contributed by atoms with Gasteiger partial charge in [-0.3, -0.25) is 14.4 Å². The average Bonchev–Trinajstić information content (AvgIpc) is 3.05. The second-order valence-corrected chi connectivity index (χ2v) is 10.7. The molecule has 0 aliphatic rings. The van der Waals surface area contributed by atoms with Crippen LogP contribution >= 0.6 is 11.8 Å². The third-order valence-electron chi connectivity index (χ3n) is 6.55. The fourth-order valence-electron chi connectivity index (χ4n) is 4.35. The quantitative estimate of drug-likeness (QED) is 0.105. The Kier molecular flexibility index (Phi) is 9.48. The van der Waals surface area contributed by atoms with Crippen molar-refractivity contribution in [2.45, 2.75) is 4.90 Å². The highest BCUT2D eigenvalue weighted by molar-refractivity contribution is 8.00. The molecule has 0 spiro atoms. The molecule has 0 heterocycles. The molecule has 0 radical (unpaired) electrons. The Hall–Kier alpha value is -5.67. The maximum atomic E-state index is 13.5. The summed E-state index contributed by atoms with van der Waals surface area (Å²) < 4.78 is 0. The Morgan fingerprint density at radius 3 is 2.02 bits per heavy atom. The standard InChI is InChI=1S/C35H27N3O5S/c39-32(36-27-15-13-25(14-16-27)35(42)43)22-44-29-19-17-28(18-20-29)37-34(41)31(38-33(40)24-8-2-1-3-9-24)21-26-11-6-10-23-7-4-5-12-30(23)26/h1-21H,22H2,(H,36,39)(H,37,41)(H,38,40)(H,42,43)/b31-21-. The molecule has 0 saturated heterocycles. The number of hydrogen-bond acceptors (Lipinski definition) is 5. The lowest BCUT2D eigenvalue weighted by Gasteiger charge is -2.12. The summed E-state index contributed by atoms with van der Waals surface area (Å²) in [5.74, 6) is -2.04. The van der Waals surface area contributed by atoms with Crippen molar-refractivity contribution in [1.82, 2.24) is 5.32 Å². The largest absolute Gasteiger partial charge is 0.478 e. The summed E-state index contributed by atoms with van der Waals surface area (Å²) >= 11 is 1.31. The zero-order valence-corrected chi connectivity index (χ0v) is 24.1. The van der Waals surface area contributed by atoms with Gasteiger partial charge in [0.25, 0.3) is 11.8 Å². The molecule has 5 aromatic carbocycles. The minimum atomic E-state index is -1.04. The van der Waals surface area contributed by atoms with Crippen LogP contribution in [0.15, 0.2) is 132 Å². The van der Waals surface area contributed by atoms with E-state index < -0.39 is 17.8 Å². The summed E-state index contributed by atoms with van der Waals surface area (Å²) in [7, 11) is 0. The molecular weight excluding hydrogens is 574 g/mol. The van der Waals surface area contributed by atoms with E-state index >= 15 is 0 Å². The van der Waals surface area contributed by atoms with E-state index in [1.165, 1.54) is 36.0 Å². The molecule has 0 aromatic heterocycles. The van der Waals surface area contributed by atoms with Crippen LogP contribution < -0.4 is 16.0 Å². The molecule has 0 aliphatic heterocycles. The Bertz CT molecular complexity index is 1850. The van der Waals surface area contributed by atoms with Gasteiger partial charge in [0.05, 0.1) is 11.3 Å². The molecule has 5 rings (SSSR count). The van der Waals surface area contributed by atoms with Crippen molar-refractivity contribution in [3.05, 3.63) is 144 Å². The molecule has 8 nitrogen and oxygen atoms in total. The molecule has 0 bridgehead atoms. The fourth-order valence-corrected chi connectivity index (χ4v) is 5.05. The number of carbonyl (C=O) groups excluding carboxylic acids is 3. The van der Waals surface area contributed by atoms with Crippen molar-refractivity contribution in [2.75, 3.05) is 16.4 Å². The molecule has 9 heteroatoms. The average molecular weight is 602 g/mol. The van der Waals surface area contributed by atoms with Crippen LogP contribution in [0.1, 0.15) is 26.3 Å². The summed E-state index contributed by atoms with van der Waals surface area (Å²) in [6, 6.07) is 35.2. The van der Waals surface area contributed by atoms with Crippen LogP contribution in [0.3, 0.4) is 0 Å². The van der Waals surface area contributed by atoms with Crippen LogP contribution in [0.25, 0.3) is 16.8 Å². The number of thioether (sulfide) groups is 1. The molecule has 44 heavy (non-hydrogen) atoms. The third-order valence-corrected chi connectivity index (χ3v) is 7.56. The first-order chi connectivity index (χ1) is 21.4. The molecule has 0 fully saturated rings. The lowest BCUT2D eigenvalue weighted by atomic mass is 10.0. The van der Waals surface area contributed by atoms with E-state index in [0.717, 1.165) is 21.2 Å². The number of benzene rings is 5. The highest BCUT2D eigenvalue weighted by atomic mass is 32.2. The van der Waals surface area contributed by atoms with E-state index in [0.29, 0.717) is 16.9 Å². The molecule has 0 atom stereocenters. The number of carboxylic acids is 1. The van der Waals surface area contributed by atoms with Crippen LogP contribution in [-0.2, 0) is 9.59 Å². The van der Waals surface area contributed by atoms with Crippen molar-refractivity contribution in [2.24, 2.45) is 0 Å². The van der Waals surface area contributed by atoms with E-state index in [2.05, 4.69) is 16.0 Å².